The molecule has 0 radical (unpaired) electrons. The summed E-state index contributed by atoms with van der Waals surface area (Å²) in [5, 5.41) is 3.82. The first-order valence-electron chi connectivity index (χ1n) is 10.4. The van der Waals surface area contributed by atoms with Gasteiger partial charge in [-0.25, -0.2) is 0 Å². The predicted octanol–water partition coefficient (Wildman–Crippen LogP) is 6.17. The van der Waals surface area contributed by atoms with Gasteiger partial charge >= 0.3 is 0 Å². The van der Waals surface area contributed by atoms with Crippen LogP contribution in [0.4, 0.5) is 0 Å². The molecule has 178 valence electrons. The zero-order valence-electron chi connectivity index (χ0n) is 18.2. The fourth-order valence-corrected chi connectivity index (χ4v) is 4.63. The SMILES string of the molecule is CNC(=O)[C@H](Cc1ccccc1)N(Cc1c(Cl)cccc1Cl)C(=O)COc1ccc(Br)cc1Cl. The molecule has 0 bridgehead atoms. The van der Waals surface area contributed by atoms with E-state index in [1.54, 1.807) is 36.4 Å². The molecular weight excluding hydrogens is 563 g/mol. The van der Waals surface area contributed by atoms with Crippen molar-refractivity contribution in [1.82, 2.24) is 10.2 Å². The van der Waals surface area contributed by atoms with Crippen LogP contribution in [0, 0.1) is 0 Å². The number of amides is 2. The van der Waals surface area contributed by atoms with Crippen molar-refractivity contribution in [2.24, 2.45) is 0 Å². The average Bonchev–Trinajstić information content (AvgIpc) is 2.82. The largest absolute Gasteiger partial charge is 0.482 e. The Kier molecular flexibility index (Phi) is 9.65. The van der Waals surface area contributed by atoms with Crippen LogP contribution in [-0.2, 0) is 22.6 Å². The summed E-state index contributed by atoms with van der Waals surface area (Å²) in [6.45, 7) is -0.300. The number of carbonyl (C=O) groups excluding carboxylic acids is 2. The van der Waals surface area contributed by atoms with E-state index in [1.807, 2.05) is 30.3 Å². The summed E-state index contributed by atoms with van der Waals surface area (Å²) < 4.78 is 6.49. The molecule has 0 heterocycles. The molecule has 0 unspecified atom stereocenters. The van der Waals surface area contributed by atoms with Crippen LogP contribution in [0.3, 0.4) is 0 Å². The highest BCUT2D eigenvalue weighted by Crippen LogP contribution is 2.29. The molecule has 3 aromatic carbocycles. The van der Waals surface area contributed by atoms with Gasteiger partial charge in [0, 0.05) is 40.1 Å². The van der Waals surface area contributed by atoms with E-state index in [4.69, 9.17) is 39.5 Å². The lowest BCUT2D eigenvalue weighted by Gasteiger charge is -2.31. The monoisotopic (exact) mass is 582 g/mol. The molecule has 9 heteroatoms. The van der Waals surface area contributed by atoms with Crippen molar-refractivity contribution in [2.75, 3.05) is 13.7 Å². The minimum atomic E-state index is -0.823. The summed E-state index contributed by atoms with van der Waals surface area (Å²) in [4.78, 5) is 27.8. The van der Waals surface area contributed by atoms with Gasteiger partial charge in [-0.3, -0.25) is 9.59 Å². The van der Waals surface area contributed by atoms with Crippen LogP contribution >= 0.6 is 50.7 Å². The first-order valence-corrected chi connectivity index (χ1v) is 12.3. The molecule has 34 heavy (non-hydrogen) atoms. The summed E-state index contributed by atoms with van der Waals surface area (Å²) in [6, 6.07) is 18.8. The Bertz CT molecular complexity index is 1140. The molecule has 3 aromatic rings. The number of rotatable bonds is 9. The number of likely N-dealkylation sites (N-methyl/N-ethyl adjacent to an activating group) is 1. The van der Waals surface area contributed by atoms with Gasteiger partial charge in [0.1, 0.15) is 11.8 Å². The van der Waals surface area contributed by atoms with Crippen LogP contribution in [0.1, 0.15) is 11.1 Å². The van der Waals surface area contributed by atoms with Crippen LogP contribution in [0.5, 0.6) is 5.75 Å². The molecule has 1 N–H and O–H groups in total. The Hall–Kier alpha value is -2.25. The molecule has 0 spiro atoms. The van der Waals surface area contributed by atoms with Crippen LogP contribution in [0.2, 0.25) is 15.1 Å². The maximum Gasteiger partial charge on any atom is 0.261 e. The second-order valence-corrected chi connectivity index (χ2v) is 9.54. The number of ether oxygens (including phenoxy) is 1. The number of hydrogen-bond acceptors (Lipinski definition) is 3. The number of hydrogen-bond donors (Lipinski definition) is 1. The molecule has 2 amide bonds. The molecule has 0 fully saturated rings. The third kappa shape index (κ3) is 6.89. The zero-order chi connectivity index (χ0) is 24.7. The molecular formula is C25H22BrCl3N2O3. The molecule has 3 rings (SSSR count). The Morgan fingerprint density at radius 1 is 0.971 bits per heavy atom. The van der Waals surface area contributed by atoms with Crippen LogP contribution in [0.25, 0.3) is 0 Å². The van der Waals surface area contributed by atoms with E-state index in [0.717, 1.165) is 10.0 Å². The fourth-order valence-electron chi connectivity index (χ4n) is 3.39. The van der Waals surface area contributed by atoms with E-state index in [-0.39, 0.29) is 19.1 Å². The van der Waals surface area contributed by atoms with Crippen molar-refractivity contribution in [3.8, 4) is 5.75 Å². The van der Waals surface area contributed by atoms with Gasteiger partial charge in [0.2, 0.25) is 5.91 Å². The lowest BCUT2D eigenvalue weighted by Crippen LogP contribution is -2.51. The molecule has 0 aliphatic carbocycles. The summed E-state index contributed by atoms with van der Waals surface area (Å²) in [7, 11) is 1.53. The quantitative estimate of drug-likeness (QED) is 0.327. The maximum atomic E-state index is 13.5. The summed E-state index contributed by atoms with van der Waals surface area (Å²) in [6.07, 6.45) is 0.299. The zero-order valence-corrected chi connectivity index (χ0v) is 22.1. The van der Waals surface area contributed by atoms with Crippen molar-refractivity contribution < 1.29 is 14.3 Å². The van der Waals surface area contributed by atoms with E-state index in [9.17, 15) is 9.59 Å². The lowest BCUT2D eigenvalue weighted by atomic mass is 10.0. The summed E-state index contributed by atoms with van der Waals surface area (Å²) >= 11 is 22.3. The van der Waals surface area contributed by atoms with Gasteiger partial charge in [0.05, 0.1) is 5.02 Å². The third-order valence-electron chi connectivity index (χ3n) is 5.15. The normalized spacial score (nSPS) is 11.6. The summed E-state index contributed by atoms with van der Waals surface area (Å²) in [5.41, 5.74) is 1.44. The molecule has 0 aliphatic rings. The standard InChI is InChI=1S/C25H22BrCl3N2O3/c1-30-25(33)22(12-16-6-3-2-4-7-16)31(14-18-19(27)8-5-9-20(18)28)24(32)15-34-23-11-10-17(26)13-21(23)29/h2-11,13,22H,12,14-15H2,1H3,(H,30,33)/t22-/m0/s1. The number of benzene rings is 3. The third-order valence-corrected chi connectivity index (χ3v) is 6.65. The lowest BCUT2D eigenvalue weighted by molar-refractivity contribution is -0.142. The topological polar surface area (TPSA) is 58.6 Å². The average molecular weight is 585 g/mol. The fraction of sp³-hybridized carbons (Fsp3) is 0.200. The first kappa shape index (κ1) is 26.4. The van der Waals surface area contributed by atoms with E-state index >= 15 is 0 Å². The minimum Gasteiger partial charge on any atom is -0.482 e. The van der Waals surface area contributed by atoms with Gasteiger partial charge in [0.25, 0.3) is 5.91 Å². The van der Waals surface area contributed by atoms with Crippen molar-refractivity contribution in [1.29, 1.82) is 0 Å². The number of carbonyl (C=O) groups is 2. The smallest absolute Gasteiger partial charge is 0.261 e. The molecule has 1 atom stereocenters. The Morgan fingerprint density at radius 3 is 2.26 bits per heavy atom. The molecule has 0 aliphatic heterocycles. The van der Waals surface area contributed by atoms with Gasteiger partial charge < -0.3 is 15.0 Å². The predicted molar refractivity (Wildman–Crippen MR) is 140 cm³/mol. The maximum absolute atomic E-state index is 13.5. The molecule has 0 saturated heterocycles. The van der Waals surface area contributed by atoms with Crippen LogP contribution < -0.4 is 10.1 Å². The van der Waals surface area contributed by atoms with Crippen molar-refractivity contribution in [3.05, 3.63) is 97.4 Å². The van der Waals surface area contributed by atoms with Gasteiger partial charge in [0.15, 0.2) is 6.61 Å². The van der Waals surface area contributed by atoms with Gasteiger partial charge in [-0.05, 0) is 35.9 Å². The van der Waals surface area contributed by atoms with E-state index in [0.29, 0.717) is 32.8 Å². The summed E-state index contributed by atoms with van der Waals surface area (Å²) in [5.74, 6) is -0.380. The van der Waals surface area contributed by atoms with Gasteiger partial charge in [-0.15, -0.1) is 0 Å². The number of nitrogens with one attached hydrogen (secondary N) is 1. The van der Waals surface area contributed by atoms with E-state index in [2.05, 4.69) is 21.2 Å². The van der Waals surface area contributed by atoms with Gasteiger partial charge in [-0.1, -0.05) is 87.1 Å². The Morgan fingerprint density at radius 2 is 1.65 bits per heavy atom. The highest BCUT2D eigenvalue weighted by atomic mass is 79.9. The second kappa shape index (κ2) is 12.5. The molecule has 5 nitrogen and oxygen atoms in total. The van der Waals surface area contributed by atoms with Crippen molar-refractivity contribution in [3.63, 3.8) is 0 Å². The first-order chi connectivity index (χ1) is 16.3. The second-order valence-electron chi connectivity index (χ2n) is 7.41. The van der Waals surface area contributed by atoms with Crippen LogP contribution in [0.15, 0.2) is 71.2 Å². The molecule has 0 aromatic heterocycles. The molecule has 0 saturated carbocycles. The van der Waals surface area contributed by atoms with Crippen molar-refractivity contribution in [2.45, 2.75) is 19.0 Å². The Balaban J connectivity index is 1.93. The number of halogens is 4. The van der Waals surface area contributed by atoms with Crippen molar-refractivity contribution >= 4 is 62.5 Å². The van der Waals surface area contributed by atoms with Gasteiger partial charge in [-0.2, -0.15) is 0 Å². The highest BCUT2D eigenvalue weighted by Gasteiger charge is 2.31. The Labute approximate surface area is 222 Å². The minimum absolute atomic E-state index is 0.0275. The number of nitrogens with zero attached hydrogens (tertiary/aromatic N) is 1. The van der Waals surface area contributed by atoms with E-state index < -0.39 is 11.9 Å². The highest BCUT2D eigenvalue weighted by molar-refractivity contribution is 9.10. The van der Waals surface area contributed by atoms with E-state index in [1.165, 1.54) is 11.9 Å². The van der Waals surface area contributed by atoms with Crippen LogP contribution in [-0.4, -0.2) is 36.4 Å².